The minimum Gasteiger partial charge on any atom is -0.495 e. The number of benzene rings is 2. The molecule has 27 heavy (non-hydrogen) atoms. The predicted octanol–water partition coefficient (Wildman–Crippen LogP) is 4.75. The van der Waals surface area contributed by atoms with Crippen LogP contribution in [0.2, 0.25) is 5.02 Å². The van der Waals surface area contributed by atoms with E-state index < -0.39 is 0 Å². The van der Waals surface area contributed by atoms with Gasteiger partial charge in [0.2, 0.25) is 0 Å². The zero-order valence-electron chi connectivity index (χ0n) is 14.8. The van der Waals surface area contributed by atoms with Gasteiger partial charge in [0.25, 0.3) is 5.91 Å². The van der Waals surface area contributed by atoms with Crippen LogP contribution in [0.3, 0.4) is 0 Å². The van der Waals surface area contributed by atoms with Gasteiger partial charge in [0, 0.05) is 11.2 Å². The van der Waals surface area contributed by atoms with E-state index in [-0.39, 0.29) is 5.91 Å². The molecular formula is C20H18ClN3O3. The Hall–Kier alpha value is -3.25. The Morgan fingerprint density at radius 3 is 2.41 bits per heavy atom. The number of nitrogens with one attached hydrogen (secondary N) is 2. The maximum absolute atomic E-state index is 12.4. The number of hydrogen-bond acceptors (Lipinski definition) is 5. The second-order valence-electron chi connectivity index (χ2n) is 5.56. The number of anilines is 3. The highest BCUT2D eigenvalue weighted by molar-refractivity contribution is 6.31. The molecule has 0 bridgehead atoms. The van der Waals surface area contributed by atoms with Crippen LogP contribution >= 0.6 is 11.6 Å². The average molecular weight is 384 g/mol. The molecule has 2 N–H and O–H groups in total. The van der Waals surface area contributed by atoms with E-state index in [0.29, 0.717) is 39.3 Å². The van der Waals surface area contributed by atoms with Gasteiger partial charge < -0.3 is 20.1 Å². The molecule has 0 spiro atoms. The average Bonchev–Trinajstić information content (AvgIpc) is 2.69. The summed E-state index contributed by atoms with van der Waals surface area (Å²) < 4.78 is 10.5. The van der Waals surface area contributed by atoms with Gasteiger partial charge in [-0.1, -0.05) is 23.7 Å². The molecule has 0 unspecified atom stereocenters. The molecule has 0 saturated carbocycles. The Morgan fingerprint density at radius 2 is 1.70 bits per heavy atom. The van der Waals surface area contributed by atoms with Crippen LogP contribution in [-0.4, -0.2) is 25.1 Å². The van der Waals surface area contributed by atoms with Gasteiger partial charge in [-0.25, -0.2) is 4.98 Å². The third kappa shape index (κ3) is 4.48. The summed E-state index contributed by atoms with van der Waals surface area (Å²) >= 11 is 6.03. The summed E-state index contributed by atoms with van der Waals surface area (Å²) in [4.78, 5) is 16.7. The summed E-state index contributed by atoms with van der Waals surface area (Å²) in [6.07, 6.45) is 1.49. The van der Waals surface area contributed by atoms with E-state index in [9.17, 15) is 4.79 Å². The van der Waals surface area contributed by atoms with Gasteiger partial charge in [-0.15, -0.1) is 0 Å². The summed E-state index contributed by atoms with van der Waals surface area (Å²) in [5.41, 5.74) is 1.70. The third-order valence-electron chi connectivity index (χ3n) is 3.81. The zero-order chi connectivity index (χ0) is 19.2. The fourth-order valence-electron chi connectivity index (χ4n) is 2.46. The molecule has 0 radical (unpaired) electrons. The minimum absolute atomic E-state index is 0.279. The molecule has 1 aromatic heterocycles. The van der Waals surface area contributed by atoms with Crippen LogP contribution in [0, 0.1) is 0 Å². The SMILES string of the molecule is COc1ccccc1NC(=O)c1ccc(Nc2cc(Cl)ccc2OC)nc1. The van der Waals surface area contributed by atoms with Crippen molar-refractivity contribution in [3.05, 3.63) is 71.4 Å². The Kier molecular flexibility index (Phi) is 5.78. The van der Waals surface area contributed by atoms with Crippen molar-refractivity contribution in [3.63, 3.8) is 0 Å². The number of rotatable bonds is 6. The van der Waals surface area contributed by atoms with Crippen LogP contribution < -0.4 is 20.1 Å². The maximum atomic E-state index is 12.4. The molecule has 7 heteroatoms. The van der Waals surface area contributed by atoms with E-state index in [1.54, 1.807) is 56.7 Å². The molecule has 2 aromatic carbocycles. The van der Waals surface area contributed by atoms with Crippen molar-refractivity contribution < 1.29 is 14.3 Å². The molecular weight excluding hydrogens is 366 g/mol. The first-order valence-corrected chi connectivity index (χ1v) is 8.49. The number of nitrogens with zero attached hydrogens (tertiary/aromatic N) is 1. The number of amides is 1. The fourth-order valence-corrected chi connectivity index (χ4v) is 2.63. The molecule has 138 valence electrons. The molecule has 1 amide bonds. The Morgan fingerprint density at radius 1 is 0.963 bits per heavy atom. The largest absolute Gasteiger partial charge is 0.495 e. The second kappa shape index (κ2) is 8.42. The first kappa shape index (κ1) is 18.5. The molecule has 0 saturated heterocycles. The quantitative estimate of drug-likeness (QED) is 0.642. The topological polar surface area (TPSA) is 72.5 Å². The molecule has 0 aliphatic rings. The van der Waals surface area contributed by atoms with E-state index in [1.807, 2.05) is 12.1 Å². The number of carbonyl (C=O) groups excluding carboxylic acids is 1. The van der Waals surface area contributed by atoms with E-state index in [4.69, 9.17) is 21.1 Å². The highest BCUT2D eigenvalue weighted by Crippen LogP contribution is 2.30. The van der Waals surface area contributed by atoms with Gasteiger partial charge in [-0.3, -0.25) is 4.79 Å². The number of para-hydroxylation sites is 2. The minimum atomic E-state index is -0.279. The molecule has 1 heterocycles. The standard InChI is InChI=1S/C20H18ClN3O3/c1-26-17-6-4-3-5-15(17)24-20(25)13-7-10-19(22-12-13)23-16-11-14(21)8-9-18(16)27-2/h3-12H,1-2H3,(H,22,23)(H,24,25). The van der Waals surface area contributed by atoms with Crippen molar-refractivity contribution in [1.82, 2.24) is 4.98 Å². The Labute approximate surface area is 162 Å². The third-order valence-corrected chi connectivity index (χ3v) is 4.04. The van der Waals surface area contributed by atoms with E-state index >= 15 is 0 Å². The summed E-state index contributed by atoms with van der Waals surface area (Å²) in [6.45, 7) is 0. The lowest BCUT2D eigenvalue weighted by Crippen LogP contribution is -2.13. The van der Waals surface area contributed by atoms with Crippen LogP contribution in [0.15, 0.2) is 60.8 Å². The molecule has 6 nitrogen and oxygen atoms in total. The van der Waals surface area contributed by atoms with Crippen molar-refractivity contribution in [3.8, 4) is 11.5 Å². The lowest BCUT2D eigenvalue weighted by atomic mass is 10.2. The lowest BCUT2D eigenvalue weighted by Gasteiger charge is -2.12. The van der Waals surface area contributed by atoms with Gasteiger partial charge in [0.1, 0.15) is 17.3 Å². The smallest absolute Gasteiger partial charge is 0.257 e. The van der Waals surface area contributed by atoms with Crippen molar-refractivity contribution in [2.75, 3.05) is 24.9 Å². The van der Waals surface area contributed by atoms with Crippen LogP contribution in [0.1, 0.15) is 10.4 Å². The normalized spacial score (nSPS) is 10.2. The number of carbonyl (C=O) groups is 1. The van der Waals surface area contributed by atoms with Gasteiger partial charge in [-0.2, -0.15) is 0 Å². The van der Waals surface area contributed by atoms with E-state index in [2.05, 4.69) is 15.6 Å². The summed E-state index contributed by atoms with van der Waals surface area (Å²) in [5.74, 6) is 1.51. The molecule has 0 fully saturated rings. The molecule has 0 atom stereocenters. The zero-order valence-corrected chi connectivity index (χ0v) is 15.6. The van der Waals surface area contributed by atoms with E-state index in [1.165, 1.54) is 6.20 Å². The highest BCUT2D eigenvalue weighted by Gasteiger charge is 2.11. The Bertz CT molecular complexity index is 945. The van der Waals surface area contributed by atoms with Gasteiger partial charge in [-0.05, 0) is 42.5 Å². The van der Waals surface area contributed by atoms with Crippen LogP contribution in [0.25, 0.3) is 0 Å². The van der Waals surface area contributed by atoms with Crippen LogP contribution in [0.5, 0.6) is 11.5 Å². The van der Waals surface area contributed by atoms with Crippen molar-refractivity contribution in [2.45, 2.75) is 0 Å². The monoisotopic (exact) mass is 383 g/mol. The van der Waals surface area contributed by atoms with Crippen LogP contribution in [-0.2, 0) is 0 Å². The van der Waals surface area contributed by atoms with Gasteiger partial charge in [0.05, 0.1) is 31.2 Å². The number of hydrogen-bond donors (Lipinski definition) is 2. The molecule has 0 aliphatic carbocycles. The first-order valence-electron chi connectivity index (χ1n) is 8.11. The van der Waals surface area contributed by atoms with Gasteiger partial charge in [0.15, 0.2) is 0 Å². The number of pyridine rings is 1. The summed E-state index contributed by atoms with van der Waals surface area (Å²) in [5, 5.41) is 6.51. The molecule has 3 aromatic rings. The lowest BCUT2D eigenvalue weighted by molar-refractivity contribution is 0.102. The highest BCUT2D eigenvalue weighted by atomic mass is 35.5. The fraction of sp³-hybridized carbons (Fsp3) is 0.100. The van der Waals surface area contributed by atoms with Crippen LogP contribution in [0.4, 0.5) is 17.2 Å². The Balaban J connectivity index is 1.73. The first-order chi connectivity index (χ1) is 13.1. The number of methoxy groups -OCH3 is 2. The van der Waals surface area contributed by atoms with E-state index in [0.717, 1.165) is 0 Å². The molecule has 3 rings (SSSR count). The predicted molar refractivity (Wildman–Crippen MR) is 106 cm³/mol. The second-order valence-corrected chi connectivity index (χ2v) is 5.99. The summed E-state index contributed by atoms with van der Waals surface area (Å²) in [7, 11) is 3.13. The van der Waals surface area contributed by atoms with Crippen molar-refractivity contribution in [1.29, 1.82) is 0 Å². The number of halogens is 1. The van der Waals surface area contributed by atoms with Gasteiger partial charge >= 0.3 is 0 Å². The summed E-state index contributed by atoms with van der Waals surface area (Å²) in [6, 6.07) is 15.8. The van der Waals surface area contributed by atoms with Crippen molar-refractivity contribution >= 4 is 34.7 Å². The number of ether oxygens (including phenoxy) is 2. The molecule has 0 aliphatic heterocycles. The van der Waals surface area contributed by atoms with Crippen molar-refractivity contribution in [2.24, 2.45) is 0 Å². The number of aromatic nitrogens is 1. The maximum Gasteiger partial charge on any atom is 0.257 e.